The normalized spacial score (nSPS) is 12.3. The van der Waals surface area contributed by atoms with Gasteiger partial charge in [-0.2, -0.15) is 0 Å². The molecule has 2 N–H and O–H groups in total. The van der Waals surface area contributed by atoms with Crippen LogP contribution in [0.2, 0.25) is 0 Å². The maximum absolute atomic E-state index is 12.1. The van der Waals surface area contributed by atoms with Gasteiger partial charge in [-0.15, -0.1) is 0 Å². The molecule has 1 unspecified atom stereocenters. The third kappa shape index (κ3) is 5.65. The number of carbonyl (C=O) groups is 1. The summed E-state index contributed by atoms with van der Waals surface area (Å²) in [6, 6.07) is 14.6. The van der Waals surface area contributed by atoms with Crippen LogP contribution in [0.15, 0.2) is 54.6 Å². The quantitative estimate of drug-likeness (QED) is 0.761. The third-order valence-corrected chi connectivity index (χ3v) is 3.91. The molecule has 0 saturated carbocycles. The molecule has 0 radical (unpaired) electrons. The predicted molar refractivity (Wildman–Crippen MR) is 99.6 cm³/mol. The molecule has 0 bridgehead atoms. The first-order valence-electron chi connectivity index (χ1n) is 8.05. The number of rotatable bonds is 7. The van der Waals surface area contributed by atoms with Gasteiger partial charge in [-0.3, -0.25) is 4.79 Å². The zero-order chi connectivity index (χ0) is 18.2. The van der Waals surface area contributed by atoms with Gasteiger partial charge in [0.05, 0.1) is 13.2 Å². The summed E-state index contributed by atoms with van der Waals surface area (Å²) in [6.45, 7) is 0.498. The van der Waals surface area contributed by atoms with Gasteiger partial charge in [0.25, 0.3) is 0 Å². The molecule has 0 saturated heterocycles. The van der Waals surface area contributed by atoms with Gasteiger partial charge in [0.15, 0.2) is 0 Å². The summed E-state index contributed by atoms with van der Waals surface area (Å²) in [6.07, 6.45) is 3.21. The summed E-state index contributed by atoms with van der Waals surface area (Å²) in [5.74, 6) is 0.852. The highest BCUT2D eigenvalue weighted by atomic mass is 16.5. The Bertz CT molecular complexity index is 707. The molecule has 0 aromatic heterocycles. The van der Waals surface area contributed by atoms with Crippen molar-refractivity contribution in [3.8, 4) is 11.5 Å². The molecule has 0 fully saturated rings. The summed E-state index contributed by atoms with van der Waals surface area (Å²) in [7, 11) is 5.60. The van der Waals surface area contributed by atoms with Gasteiger partial charge in [-0.05, 0) is 55.6 Å². The zero-order valence-corrected chi connectivity index (χ0v) is 14.8. The van der Waals surface area contributed by atoms with Crippen molar-refractivity contribution in [3.05, 3.63) is 65.7 Å². The molecule has 0 aliphatic rings. The standard InChI is InChI=1S/C20H24N2O3/c1-22(2)19(16-7-11-18(25-3)12-8-16)14-21-20(24)13-6-15-4-9-17(23)10-5-15/h4-13,19,23H,14H2,1-3H3,(H,21,24)/b13-6+. The van der Waals surface area contributed by atoms with E-state index in [9.17, 15) is 9.90 Å². The number of carbonyl (C=O) groups excluding carboxylic acids is 1. The van der Waals surface area contributed by atoms with E-state index in [0.29, 0.717) is 6.54 Å². The van der Waals surface area contributed by atoms with E-state index >= 15 is 0 Å². The number of methoxy groups -OCH3 is 1. The molecule has 1 atom stereocenters. The first kappa shape index (κ1) is 18.5. The number of hydrogen-bond acceptors (Lipinski definition) is 4. The molecule has 5 nitrogen and oxygen atoms in total. The molecule has 2 aromatic carbocycles. The molecular weight excluding hydrogens is 316 g/mol. The number of aromatic hydroxyl groups is 1. The zero-order valence-electron chi connectivity index (χ0n) is 14.8. The monoisotopic (exact) mass is 340 g/mol. The number of hydrogen-bond donors (Lipinski definition) is 2. The van der Waals surface area contributed by atoms with Crippen molar-refractivity contribution in [1.29, 1.82) is 0 Å². The van der Waals surface area contributed by atoms with Gasteiger partial charge < -0.3 is 20.1 Å². The Hall–Kier alpha value is -2.79. The van der Waals surface area contributed by atoms with Gasteiger partial charge in [-0.1, -0.05) is 24.3 Å². The van der Waals surface area contributed by atoms with Gasteiger partial charge in [0, 0.05) is 12.6 Å². The smallest absolute Gasteiger partial charge is 0.244 e. The SMILES string of the molecule is COc1ccc(C(CNC(=O)/C=C/c2ccc(O)cc2)N(C)C)cc1. The Kier molecular flexibility index (Phi) is 6.60. The minimum atomic E-state index is -0.159. The van der Waals surface area contributed by atoms with Gasteiger partial charge >= 0.3 is 0 Å². The molecule has 132 valence electrons. The predicted octanol–water partition coefficient (Wildman–Crippen LogP) is 2.83. The van der Waals surface area contributed by atoms with Gasteiger partial charge in [-0.25, -0.2) is 0 Å². The lowest BCUT2D eigenvalue weighted by molar-refractivity contribution is -0.116. The topological polar surface area (TPSA) is 61.8 Å². The molecule has 25 heavy (non-hydrogen) atoms. The maximum atomic E-state index is 12.1. The second-order valence-corrected chi connectivity index (χ2v) is 5.92. The molecule has 0 aliphatic heterocycles. The van der Waals surface area contributed by atoms with Crippen LogP contribution in [0.1, 0.15) is 17.2 Å². The maximum Gasteiger partial charge on any atom is 0.244 e. The first-order chi connectivity index (χ1) is 12.0. The fourth-order valence-corrected chi connectivity index (χ4v) is 2.44. The van der Waals surface area contributed by atoms with Crippen LogP contribution in [-0.2, 0) is 4.79 Å². The van der Waals surface area contributed by atoms with Gasteiger partial charge in [0.2, 0.25) is 5.91 Å². The second-order valence-electron chi connectivity index (χ2n) is 5.92. The number of likely N-dealkylation sites (N-methyl/N-ethyl adjacent to an activating group) is 1. The van der Waals surface area contributed by atoms with Crippen molar-refractivity contribution >= 4 is 12.0 Å². The lowest BCUT2D eigenvalue weighted by Gasteiger charge is -2.25. The molecule has 0 heterocycles. The van der Waals surface area contributed by atoms with Crippen molar-refractivity contribution in [3.63, 3.8) is 0 Å². The van der Waals surface area contributed by atoms with Crippen LogP contribution >= 0.6 is 0 Å². The van der Waals surface area contributed by atoms with Crippen LogP contribution in [0.25, 0.3) is 6.08 Å². The van der Waals surface area contributed by atoms with E-state index in [1.807, 2.05) is 38.4 Å². The molecule has 1 amide bonds. The average molecular weight is 340 g/mol. The fraction of sp³-hybridized carbons (Fsp3) is 0.250. The van der Waals surface area contributed by atoms with Crippen LogP contribution in [0.3, 0.4) is 0 Å². The highest BCUT2D eigenvalue weighted by molar-refractivity contribution is 5.91. The molecule has 5 heteroatoms. The van der Waals surface area contributed by atoms with E-state index < -0.39 is 0 Å². The van der Waals surface area contributed by atoms with E-state index in [-0.39, 0.29) is 17.7 Å². The van der Waals surface area contributed by atoms with E-state index in [2.05, 4.69) is 10.2 Å². The Balaban J connectivity index is 1.95. The van der Waals surface area contributed by atoms with Gasteiger partial charge in [0.1, 0.15) is 11.5 Å². The number of ether oxygens (including phenoxy) is 1. The lowest BCUT2D eigenvalue weighted by atomic mass is 10.1. The van der Waals surface area contributed by atoms with Crippen molar-refractivity contribution in [2.45, 2.75) is 6.04 Å². The minimum absolute atomic E-state index is 0.0666. The number of benzene rings is 2. The highest BCUT2D eigenvalue weighted by Gasteiger charge is 2.14. The summed E-state index contributed by atoms with van der Waals surface area (Å²) >= 11 is 0. The Morgan fingerprint density at radius 3 is 2.36 bits per heavy atom. The minimum Gasteiger partial charge on any atom is -0.508 e. The third-order valence-electron chi connectivity index (χ3n) is 3.91. The van der Waals surface area contributed by atoms with E-state index in [1.54, 1.807) is 37.5 Å². The lowest BCUT2D eigenvalue weighted by Crippen LogP contribution is -2.33. The van der Waals surface area contributed by atoms with Crippen LogP contribution in [0.5, 0.6) is 11.5 Å². The Morgan fingerprint density at radius 2 is 1.80 bits per heavy atom. The molecule has 0 spiro atoms. The number of amides is 1. The largest absolute Gasteiger partial charge is 0.508 e. The molecule has 0 aliphatic carbocycles. The fourth-order valence-electron chi connectivity index (χ4n) is 2.44. The Morgan fingerprint density at radius 1 is 1.16 bits per heavy atom. The Labute approximate surface area is 148 Å². The summed E-state index contributed by atoms with van der Waals surface area (Å²) in [4.78, 5) is 14.1. The summed E-state index contributed by atoms with van der Waals surface area (Å²) in [5.41, 5.74) is 1.96. The number of phenolic OH excluding ortho intramolecular Hbond substituents is 1. The van der Waals surface area contributed by atoms with Crippen LogP contribution in [0.4, 0.5) is 0 Å². The van der Waals surface area contributed by atoms with Crippen LogP contribution < -0.4 is 10.1 Å². The van der Waals surface area contributed by atoms with Crippen molar-refractivity contribution in [1.82, 2.24) is 10.2 Å². The molecule has 2 rings (SSSR count). The van der Waals surface area contributed by atoms with E-state index in [0.717, 1.165) is 16.9 Å². The highest BCUT2D eigenvalue weighted by Crippen LogP contribution is 2.20. The average Bonchev–Trinajstić information content (AvgIpc) is 2.61. The second kappa shape index (κ2) is 8.89. The number of nitrogens with zero attached hydrogens (tertiary/aromatic N) is 1. The summed E-state index contributed by atoms with van der Waals surface area (Å²) < 4.78 is 5.18. The van der Waals surface area contributed by atoms with Crippen molar-refractivity contribution in [2.75, 3.05) is 27.7 Å². The van der Waals surface area contributed by atoms with Crippen molar-refractivity contribution < 1.29 is 14.6 Å². The summed E-state index contributed by atoms with van der Waals surface area (Å²) in [5, 5.41) is 12.2. The molecule has 2 aromatic rings. The van der Waals surface area contributed by atoms with Crippen LogP contribution in [-0.4, -0.2) is 43.7 Å². The van der Waals surface area contributed by atoms with Crippen LogP contribution in [0, 0.1) is 0 Å². The van der Waals surface area contributed by atoms with E-state index in [4.69, 9.17) is 4.74 Å². The first-order valence-corrected chi connectivity index (χ1v) is 8.05. The number of phenols is 1. The van der Waals surface area contributed by atoms with Crippen molar-refractivity contribution in [2.24, 2.45) is 0 Å². The number of nitrogens with one attached hydrogen (secondary N) is 1. The molecular formula is C20H24N2O3. The van der Waals surface area contributed by atoms with E-state index in [1.165, 1.54) is 6.08 Å².